The molecule has 1 amide bonds. The lowest BCUT2D eigenvalue weighted by molar-refractivity contribution is 0.0898. The largest absolute Gasteiger partial charge is 0.345 e. The van der Waals surface area contributed by atoms with E-state index in [0.29, 0.717) is 18.0 Å². The highest BCUT2D eigenvalue weighted by Crippen LogP contribution is 2.39. The highest BCUT2D eigenvalue weighted by Gasteiger charge is 2.41. The Balaban J connectivity index is 2.13. The summed E-state index contributed by atoms with van der Waals surface area (Å²) >= 11 is 2.25. The van der Waals surface area contributed by atoms with Crippen LogP contribution < -0.4 is 11.1 Å². The molecule has 2 rings (SSSR count). The van der Waals surface area contributed by atoms with Crippen molar-refractivity contribution in [3.63, 3.8) is 0 Å². The summed E-state index contributed by atoms with van der Waals surface area (Å²) in [4.78, 5) is 12.2. The van der Waals surface area contributed by atoms with Crippen molar-refractivity contribution in [3.8, 4) is 0 Å². The number of nitrogens with one attached hydrogen (secondary N) is 1. The van der Waals surface area contributed by atoms with Crippen molar-refractivity contribution in [1.82, 2.24) is 5.32 Å². The summed E-state index contributed by atoms with van der Waals surface area (Å²) in [6.45, 7) is 4.58. The van der Waals surface area contributed by atoms with E-state index in [0.717, 1.165) is 3.57 Å². The molecule has 1 aliphatic rings. The van der Waals surface area contributed by atoms with Crippen LogP contribution in [-0.2, 0) is 0 Å². The average Bonchev–Trinajstić information content (AvgIpc) is 3.16. The second-order valence-electron chi connectivity index (χ2n) is 5.31. The predicted octanol–water partition coefficient (Wildman–Crippen LogP) is 2.46. The van der Waals surface area contributed by atoms with E-state index in [4.69, 9.17) is 5.73 Å². The molecule has 1 aromatic carbocycles. The quantitative estimate of drug-likeness (QED) is 0.813. The molecular weight excluding hydrogens is 339 g/mol. The number of amides is 1. The van der Waals surface area contributed by atoms with Crippen LogP contribution in [0.2, 0.25) is 0 Å². The Morgan fingerprint density at radius 2 is 2.22 bits per heavy atom. The van der Waals surface area contributed by atoms with Crippen molar-refractivity contribution < 1.29 is 4.79 Å². The summed E-state index contributed by atoms with van der Waals surface area (Å²) in [6.07, 6.45) is 2.33. The Morgan fingerprint density at radius 1 is 1.56 bits per heavy atom. The molecule has 98 valence electrons. The molecule has 0 aromatic heterocycles. The van der Waals surface area contributed by atoms with Gasteiger partial charge in [0.1, 0.15) is 0 Å². The molecule has 3 nitrogen and oxygen atoms in total. The van der Waals surface area contributed by atoms with Crippen LogP contribution in [0.1, 0.15) is 35.7 Å². The maximum atomic E-state index is 12.2. The second kappa shape index (κ2) is 5.17. The topological polar surface area (TPSA) is 55.1 Å². The molecule has 1 atom stereocenters. The first-order chi connectivity index (χ1) is 8.46. The minimum absolute atomic E-state index is 0.0206. The van der Waals surface area contributed by atoms with Crippen molar-refractivity contribution in [2.45, 2.75) is 32.2 Å². The van der Waals surface area contributed by atoms with Gasteiger partial charge in [-0.15, -0.1) is 0 Å². The van der Waals surface area contributed by atoms with Crippen molar-refractivity contribution in [2.24, 2.45) is 11.7 Å². The van der Waals surface area contributed by atoms with E-state index < -0.39 is 0 Å². The molecule has 1 fully saturated rings. The molecule has 0 radical (unpaired) electrons. The minimum Gasteiger partial charge on any atom is -0.345 e. The SMILES string of the molecule is Cc1ccc(C(=O)NC(C)(CN)C2CC2)cc1I. The average molecular weight is 358 g/mol. The Morgan fingerprint density at radius 3 is 2.72 bits per heavy atom. The van der Waals surface area contributed by atoms with Gasteiger partial charge in [-0.2, -0.15) is 0 Å². The molecular formula is C14H19IN2O. The molecule has 0 bridgehead atoms. The summed E-state index contributed by atoms with van der Waals surface area (Å²) in [5.41, 5.74) is 7.46. The number of halogens is 1. The van der Waals surface area contributed by atoms with E-state index in [-0.39, 0.29) is 11.4 Å². The molecule has 4 heteroatoms. The van der Waals surface area contributed by atoms with Gasteiger partial charge >= 0.3 is 0 Å². The van der Waals surface area contributed by atoms with E-state index in [2.05, 4.69) is 27.9 Å². The van der Waals surface area contributed by atoms with Crippen LogP contribution >= 0.6 is 22.6 Å². The number of nitrogens with two attached hydrogens (primary N) is 1. The van der Waals surface area contributed by atoms with Crippen LogP contribution in [0.25, 0.3) is 0 Å². The highest BCUT2D eigenvalue weighted by atomic mass is 127. The van der Waals surface area contributed by atoms with E-state index in [9.17, 15) is 4.79 Å². The zero-order valence-electron chi connectivity index (χ0n) is 10.8. The highest BCUT2D eigenvalue weighted by molar-refractivity contribution is 14.1. The number of carbonyl (C=O) groups excluding carboxylic acids is 1. The lowest BCUT2D eigenvalue weighted by Crippen LogP contribution is -2.53. The Hall–Kier alpha value is -0.620. The standard InChI is InChI=1S/C14H19IN2O/c1-9-3-4-10(7-12(9)15)13(18)17-14(2,8-16)11-5-6-11/h3-4,7,11H,5-6,8,16H2,1-2H3,(H,17,18). The molecule has 0 saturated heterocycles. The number of aryl methyl sites for hydroxylation is 1. The fourth-order valence-corrected chi connectivity index (χ4v) is 2.62. The molecule has 1 aliphatic carbocycles. The van der Waals surface area contributed by atoms with Gasteiger partial charge in [0, 0.05) is 15.7 Å². The van der Waals surface area contributed by atoms with Gasteiger partial charge in [0.2, 0.25) is 0 Å². The number of benzene rings is 1. The zero-order chi connectivity index (χ0) is 13.3. The van der Waals surface area contributed by atoms with Crippen LogP contribution in [0.4, 0.5) is 0 Å². The lowest BCUT2D eigenvalue weighted by atomic mass is 9.95. The monoisotopic (exact) mass is 358 g/mol. The molecule has 0 aliphatic heterocycles. The first-order valence-electron chi connectivity index (χ1n) is 6.25. The summed E-state index contributed by atoms with van der Waals surface area (Å²) in [5.74, 6) is 0.517. The first kappa shape index (κ1) is 13.8. The molecule has 0 heterocycles. The van der Waals surface area contributed by atoms with Gasteiger partial charge in [0.15, 0.2) is 0 Å². The van der Waals surface area contributed by atoms with Crippen molar-refractivity contribution in [3.05, 3.63) is 32.9 Å². The number of hydrogen-bond acceptors (Lipinski definition) is 2. The summed E-state index contributed by atoms with van der Waals surface area (Å²) < 4.78 is 1.11. The fraction of sp³-hybridized carbons (Fsp3) is 0.500. The van der Waals surface area contributed by atoms with Crippen LogP contribution in [0.15, 0.2) is 18.2 Å². The Bertz CT molecular complexity index is 471. The fourth-order valence-electron chi connectivity index (χ4n) is 2.11. The van der Waals surface area contributed by atoms with Gasteiger partial charge in [0.25, 0.3) is 5.91 Å². The molecule has 1 unspecified atom stereocenters. The van der Waals surface area contributed by atoms with E-state index >= 15 is 0 Å². The molecule has 18 heavy (non-hydrogen) atoms. The van der Waals surface area contributed by atoms with Gasteiger partial charge in [-0.25, -0.2) is 0 Å². The van der Waals surface area contributed by atoms with Gasteiger partial charge in [-0.05, 0) is 72.9 Å². The third-order valence-electron chi connectivity index (χ3n) is 3.74. The first-order valence-corrected chi connectivity index (χ1v) is 7.33. The summed E-state index contributed by atoms with van der Waals surface area (Å²) in [6, 6.07) is 5.78. The third kappa shape index (κ3) is 2.85. The summed E-state index contributed by atoms with van der Waals surface area (Å²) in [5, 5.41) is 3.10. The van der Waals surface area contributed by atoms with Crippen molar-refractivity contribution in [2.75, 3.05) is 6.54 Å². The van der Waals surface area contributed by atoms with Crippen LogP contribution in [0.3, 0.4) is 0 Å². The number of carbonyl (C=O) groups is 1. The van der Waals surface area contributed by atoms with Gasteiger partial charge in [-0.1, -0.05) is 6.07 Å². The van der Waals surface area contributed by atoms with Gasteiger partial charge in [-0.3, -0.25) is 4.79 Å². The maximum Gasteiger partial charge on any atom is 0.251 e. The lowest BCUT2D eigenvalue weighted by Gasteiger charge is -2.29. The van der Waals surface area contributed by atoms with Crippen LogP contribution in [0, 0.1) is 16.4 Å². The van der Waals surface area contributed by atoms with E-state index in [1.54, 1.807) is 0 Å². The van der Waals surface area contributed by atoms with Gasteiger partial charge < -0.3 is 11.1 Å². The van der Waals surface area contributed by atoms with Crippen LogP contribution in [-0.4, -0.2) is 18.0 Å². The molecule has 1 aromatic rings. The van der Waals surface area contributed by atoms with Crippen LogP contribution in [0.5, 0.6) is 0 Å². The van der Waals surface area contributed by atoms with Crippen molar-refractivity contribution >= 4 is 28.5 Å². The molecule has 1 saturated carbocycles. The Labute approximate surface area is 122 Å². The second-order valence-corrected chi connectivity index (χ2v) is 6.48. The van der Waals surface area contributed by atoms with E-state index in [1.165, 1.54) is 18.4 Å². The normalized spacial score (nSPS) is 18.2. The smallest absolute Gasteiger partial charge is 0.251 e. The Kier molecular flexibility index (Phi) is 3.96. The zero-order valence-corrected chi connectivity index (χ0v) is 13.0. The third-order valence-corrected chi connectivity index (χ3v) is 4.90. The van der Waals surface area contributed by atoms with Crippen molar-refractivity contribution in [1.29, 1.82) is 0 Å². The molecule has 3 N–H and O–H groups in total. The molecule has 0 spiro atoms. The summed E-state index contributed by atoms with van der Waals surface area (Å²) in [7, 11) is 0. The van der Waals surface area contributed by atoms with E-state index in [1.807, 2.05) is 32.0 Å². The minimum atomic E-state index is -0.257. The number of hydrogen-bond donors (Lipinski definition) is 2. The predicted molar refractivity (Wildman–Crippen MR) is 81.5 cm³/mol. The maximum absolute atomic E-state index is 12.2. The van der Waals surface area contributed by atoms with Gasteiger partial charge in [0.05, 0.1) is 5.54 Å². The number of rotatable bonds is 4.